The van der Waals surface area contributed by atoms with Gasteiger partial charge in [0.05, 0.1) is 10.4 Å². The summed E-state index contributed by atoms with van der Waals surface area (Å²) in [5, 5.41) is 10.2. The van der Waals surface area contributed by atoms with Crippen LogP contribution in [0.1, 0.15) is 10.4 Å². The van der Waals surface area contributed by atoms with Crippen molar-refractivity contribution in [3.8, 4) is 5.75 Å². The molecule has 1 aliphatic rings. The first-order valence-electron chi connectivity index (χ1n) is 5.89. The van der Waals surface area contributed by atoms with Gasteiger partial charge >= 0.3 is 0 Å². The van der Waals surface area contributed by atoms with E-state index in [9.17, 15) is 5.11 Å². The van der Waals surface area contributed by atoms with Gasteiger partial charge in [-0.1, -0.05) is 29.8 Å². The zero-order valence-corrected chi connectivity index (χ0v) is 11.2. The minimum Gasteiger partial charge on any atom is -0.487 e. The molecule has 1 N–H and O–H groups in total. The quantitative estimate of drug-likeness (QED) is 0.935. The zero-order chi connectivity index (χ0) is 12.5. The summed E-state index contributed by atoms with van der Waals surface area (Å²) < 4.78 is 6.53. The maximum atomic E-state index is 10.2. The Kier molecular flexibility index (Phi) is 3.29. The van der Waals surface area contributed by atoms with Gasteiger partial charge < -0.3 is 9.84 Å². The Hall–Kier alpha value is -1.03. The summed E-state index contributed by atoms with van der Waals surface area (Å²) in [6.07, 6.45) is 0.724. The van der Waals surface area contributed by atoms with Gasteiger partial charge in [0, 0.05) is 17.7 Å². The Morgan fingerprint density at radius 3 is 2.89 bits per heavy atom. The highest BCUT2D eigenvalue weighted by Gasteiger charge is 2.29. The first-order chi connectivity index (χ1) is 8.72. The summed E-state index contributed by atoms with van der Waals surface area (Å²) in [5.41, 5.74) is 1.17. The summed E-state index contributed by atoms with van der Waals surface area (Å²) >= 11 is 7.39. The van der Waals surface area contributed by atoms with Gasteiger partial charge in [0.25, 0.3) is 0 Å². The van der Waals surface area contributed by atoms with Crippen molar-refractivity contribution in [3.05, 3.63) is 51.2 Å². The molecule has 18 heavy (non-hydrogen) atoms. The number of thiophene rings is 1. The van der Waals surface area contributed by atoms with E-state index in [1.165, 1.54) is 16.9 Å². The monoisotopic (exact) mass is 280 g/mol. The van der Waals surface area contributed by atoms with Crippen molar-refractivity contribution < 1.29 is 9.84 Å². The molecule has 0 aliphatic carbocycles. The SMILES string of the molecule is OC(Cc1ccc(Cl)s1)C1Cc2ccccc2O1. The molecule has 94 valence electrons. The number of fused-ring (bicyclic) bond motifs is 1. The molecule has 0 saturated heterocycles. The second-order valence-corrected chi connectivity index (χ2v) is 6.25. The van der Waals surface area contributed by atoms with Crippen LogP contribution in [0.25, 0.3) is 0 Å². The molecule has 1 aromatic heterocycles. The fourth-order valence-electron chi connectivity index (χ4n) is 2.22. The van der Waals surface area contributed by atoms with E-state index in [-0.39, 0.29) is 6.10 Å². The van der Waals surface area contributed by atoms with Gasteiger partial charge in [-0.2, -0.15) is 0 Å². The minimum absolute atomic E-state index is 0.150. The summed E-state index contributed by atoms with van der Waals surface area (Å²) in [6, 6.07) is 11.8. The molecule has 0 bridgehead atoms. The van der Waals surface area contributed by atoms with Crippen molar-refractivity contribution in [2.45, 2.75) is 25.0 Å². The van der Waals surface area contributed by atoms with Crippen molar-refractivity contribution >= 4 is 22.9 Å². The Morgan fingerprint density at radius 1 is 1.33 bits per heavy atom. The van der Waals surface area contributed by atoms with Crippen molar-refractivity contribution in [2.24, 2.45) is 0 Å². The van der Waals surface area contributed by atoms with Crippen LogP contribution in [0.4, 0.5) is 0 Å². The van der Waals surface area contributed by atoms with E-state index in [2.05, 4.69) is 0 Å². The van der Waals surface area contributed by atoms with Crippen LogP contribution in [0.15, 0.2) is 36.4 Å². The second kappa shape index (κ2) is 4.92. The average molecular weight is 281 g/mol. The van der Waals surface area contributed by atoms with Gasteiger partial charge in [0.1, 0.15) is 11.9 Å². The third-order valence-electron chi connectivity index (χ3n) is 3.14. The van der Waals surface area contributed by atoms with Crippen LogP contribution < -0.4 is 4.74 Å². The molecule has 2 unspecified atom stereocenters. The molecular formula is C14H13ClO2S. The van der Waals surface area contributed by atoms with E-state index in [4.69, 9.17) is 16.3 Å². The molecule has 0 spiro atoms. The van der Waals surface area contributed by atoms with Gasteiger partial charge in [0.15, 0.2) is 0 Å². The number of aliphatic hydroxyl groups is 1. The third kappa shape index (κ3) is 2.39. The lowest BCUT2D eigenvalue weighted by Crippen LogP contribution is -2.31. The predicted octanol–water partition coefficient (Wildman–Crippen LogP) is 3.31. The minimum atomic E-state index is -0.493. The van der Waals surface area contributed by atoms with Crippen molar-refractivity contribution in [2.75, 3.05) is 0 Å². The summed E-state index contributed by atoms with van der Waals surface area (Å²) in [7, 11) is 0. The number of hydrogen-bond acceptors (Lipinski definition) is 3. The van der Waals surface area contributed by atoms with Gasteiger partial charge in [-0.25, -0.2) is 0 Å². The molecule has 0 fully saturated rings. The van der Waals surface area contributed by atoms with Crippen molar-refractivity contribution in [1.82, 2.24) is 0 Å². The highest BCUT2D eigenvalue weighted by Crippen LogP contribution is 2.31. The normalized spacial score (nSPS) is 19.3. The second-order valence-electron chi connectivity index (χ2n) is 4.45. The van der Waals surface area contributed by atoms with Crippen LogP contribution in [-0.2, 0) is 12.8 Å². The van der Waals surface area contributed by atoms with Crippen LogP contribution >= 0.6 is 22.9 Å². The number of halogens is 1. The molecule has 0 amide bonds. The van der Waals surface area contributed by atoms with Crippen LogP contribution in [0.3, 0.4) is 0 Å². The lowest BCUT2D eigenvalue weighted by Gasteiger charge is -2.17. The van der Waals surface area contributed by atoms with Crippen molar-refractivity contribution in [3.63, 3.8) is 0 Å². The fraction of sp³-hybridized carbons (Fsp3) is 0.286. The molecule has 2 atom stereocenters. The molecule has 3 rings (SSSR count). The molecule has 4 heteroatoms. The Labute approximate surface area is 115 Å². The van der Waals surface area contributed by atoms with Crippen LogP contribution in [-0.4, -0.2) is 17.3 Å². The van der Waals surface area contributed by atoms with E-state index in [0.717, 1.165) is 21.4 Å². The van der Waals surface area contributed by atoms with Crippen molar-refractivity contribution in [1.29, 1.82) is 0 Å². The molecule has 0 saturated carbocycles. The molecule has 2 heterocycles. The average Bonchev–Trinajstić information content (AvgIpc) is 2.95. The number of benzene rings is 1. The zero-order valence-electron chi connectivity index (χ0n) is 9.67. The highest BCUT2D eigenvalue weighted by molar-refractivity contribution is 7.16. The van der Waals surface area contributed by atoms with E-state index >= 15 is 0 Å². The first kappa shape index (κ1) is 12.0. The molecular weight excluding hydrogens is 268 g/mol. The standard InChI is InChI=1S/C14H13ClO2S/c15-14-6-5-10(18-14)8-11(16)13-7-9-3-1-2-4-12(9)17-13/h1-6,11,13,16H,7-8H2. The van der Waals surface area contributed by atoms with Gasteiger partial charge in [-0.05, 0) is 23.8 Å². The largest absolute Gasteiger partial charge is 0.487 e. The van der Waals surface area contributed by atoms with Gasteiger partial charge in [0.2, 0.25) is 0 Å². The summed E-state index contributed by atoms with van der Waals surface area (Å²) in [6.45, 7) is 0. The summed E-state index contributed by atoms with van der Waals surface area (Å²) in [5.74, 6) is 0.894. The maximum Gasteiger partial charge on any atom is 0.129 e. The fourth-order valence-corrected chi connectivity index (χ4v) is 3.36. The number of hydrogen-bond donors (Lipinski definition) is 1. The van der Waals surface area contributed by atoms with Crippen LogP contribution in [0.5, 0.6) is 5.75 Å². The molecule has 2 aromatic rings. The van der Waals surface area contributed by atoms with Crippen LogP contribution in [0, 0.1) is 0 Å². The molecule has 1 aliphatic heterocycles. The summed E-state index contributed by atoms with van der Waals surface area (Å²) in [4.78, 5) is 1.09. The maximum absolute atomic E-state index is 10.2. The van der Waals surface area contributed by atoms with E-state index < -0.39 is 6.10 Å². The van der Waals surface area contributed by atoms with E-state index in [0.29, 0.717) is 6.42 Å². The smallest absolute Gasteiger partial charge is 0.129 e. The number of aliphatic hydroxyl groups excluding tert-OH is 1. The predicted molar refractivity (Wildman–Crippen MR) is 73.6 cm³/mol. The molecule has 1 aromatic carbocycles. The van der Waals surface area contributed by atoms with E-state index in [1.54, 1.807) is 0 Å². The number of para-hydroxylation sites is 1. The first-order valence-corrected chi connectivity index (χ1v) is 7.08. The van der Waals surface area contributed by atoms with Crippen LogP contribution in [0.2, 0.25) is 4.34 Å². The Morgan fingerprint density at radius 2 is 2.17 bits per heavy atom. The number of rotatable bonds is 3. The Balaban J connectivity index is 1.67. The lowest BCUT2D eigenvalue weighted by atomic mass is 10.0. The highest BCUT2D eigenvalue weighted by atomic mass is 35.5. The van der Waals surface area contributed by atoms with Gasteiger partial charge in [-0.15, -0.1) is 11.3 Å². The molecule has 0 radical (unpaired) electrons. The van der Waals surface area contributed by atoms with Gasteiger partial charge in [-0.3, -0.25) is 0 Å². The number of ether oxygens (including phenoxy) is 1. The third-order valence-corrected chi connectivity index (χ3v) is 4.39. The molecule has 2 nitrogen and oxygen atoms in total. The Bertz CT molecular complexity index is 527. The van der Waals surface area contributed by atoms with E-state index in [1.807, 2.05) is 36.4 Å². The topological polar surface area (TPSA) is 29.5 Å². The lowest BCUT2D eigenvalue weighted by molar-refractivity contribution is 0.0508.